The molecule has 0 saturated carbocycles. The van der Waals surface area contributed by atoms with Crippen LogP contribution in [0.2, 0.25) is 0 Å². The van der Waals surface area contributed by atoms with Crippen molar-refractivity contribution >= 4 is 75.5 Å². The highest BCUT2D eigenvalue weighted by Crippen LogP contribution is 2.41. The molecule has 45 heavy (non-hydrogen) atoms. The van der Waals surface area contributed by atoms with Gasteiger partial charge in [0.25, 0.3) is 0 Å². The molecule has 1 atom stereocenters. The van der Waals surface area contributed by atoms with Crippen molar-refractivity contribution in [1.29, 1.82) is 0 Å². The summed E-state index contributed by atoms with van der Waals surface area (Å²) in [6, 6.07) is 42.0. The molecule has 2 aromatic heterocycles. The number of nitrogens with one attached hydrogen (secondary N) is 1. The number of fused-ring (bicyclic) bond motifs is 7. The number of hydrogen-bond acceptors (Lipinski definition) is 3. The van der Waals surface area contributed by atoms with Crippen LogP contribution in [0.1, 0.15) is 24.5 Å². The molecule has 0 radical (unpaired) electrons. The average molecular weight is 598 g/mol. The van der Waals surface area contributed by atoms with Crippen molar-refractivity contribution in [2.45, 2.75) is 19.9 Å². The van der Waals surface area contributed by atoms with E-state index in [-0.39, 0.29) is 0 Å². The van der Waals surface area contributed by atoms with Crippen LogP contribution in [0.5, 0.6) is 0 Å². The summed E-state index contributed by atoms with van der Waals surface area (Å²) in [5.41, 5.74) is 9.14. The number of hydrogen-bond donors (Lipinski definition) is 1. The Morgan fingerprint density at radius 3 is 2.36 bits per heavy atom. The van der Waals surface area contributed by atoms with E-state index in [1.165, 1.54) is 47.6 Å². The van der Waals surface area contributed by atoms with E-state index >= 15 is 0 Å². The first-order chi connectivity index (χ1) is 22.2. The van der Waals surface area contributed by atoms with Gasteiger partial charge in [0.1, 0.15) is 11.2 Å². The molecular formula is C42H31NOS. The van der Waals surface area contributed by atoms with Gasteiger partial charge in [-0.05, 0) is 81.8 Å². The minimum Gasteiger partial charge on any atom is -0.455 e. The Bertz CT molecular complexity index is 2470. The van der Waals surface area contributed by atoms with Gasteiger partial charge in [-0.15, -0.1) is 11.3 Å². The van der Waals surface area contributed by atoms with Crippen molar-refractivity contribution in [3.8, 4) is 11.1 Å². The van der Waals surface area contributed by atoms with E-state index in [9.17, 15) is 0 Å². The van der Waals surface area contributed by atoms with E-state index < -0.39 is 0 Å². The lowest BCUT2D eigenvalue weighted by Gasteiger charge is -2.15. The Morgan fingerprint density at radius 1 is 0.711 bits per heavy atom. The van der Waals surface area contributed by atoms with E-state index in [0.29, 0.717) is 5.92 Å². The van der Waals surface area contributed by atoms with Crippen molar-refractivity contribution in [3.05, 3.63) is 145 Å². The highest BCUT2D eigenvalue weighted by atomic mass is 32.1. The van der Waals surface area contributed by atoms with Crippen LogP contribution in [0.3, 0.4) is 0 Å². The lowest BCUT2D eigenvalue weighted by molar-refractivity contribution is 0.670. The van der Waals surface area contributed by atoms with Gasteiger partial charge >= 0.3 is 0 Å². The lowest BCUT2D eigenvalue weighted by Crippen LogP contribution is -1.99. The summed E-state index contributed by atoms with van der Waals surface area (Å²) < 4.78 is 9.32. The Hall–Kier alpha value is -5.12. The molecule has 3 heteroatoms. The van der Waals surface area contributed by atoms with E-state index in [4.69, 9.17) is 4.42 Å². The van der Waals surface area contributed by atoms with Crippen molar-refractivity contribution in [1.82, 2.24) is 0 Å². The molecule has 0 amide bonds. The molecule has 0 aliphatic heterocycles. The second kappa shape index (κ2) is 10.5. The standard InChI is InChI=1S/C42H31NOS/c1-26-7-6-10-30(19-26)28-14-16-29(17-15-28)36-23-33(24-38-37-21-31-8-2-3-9-32(31)22-39(37)44-42(36)38)43-25-27-13-18-35-34-11-4-5-12-40(34)45-41(35)20-27/h2-18,20-24,26,43H,19,25H2,1H3. The van der Waals surface area contributed by atoms with Crippen molar-refractivity contribution in [2.75, 3.05) is 5.32 Å². The van der Waals surface area contributed by atoms with E-state index in [2.05, 4.69) is 146 Å². The fraction of sp³-hybridized carbons (Fsp3) is 0.0952. The molecule has 1 aliphatic carbocycles. The molecule has 0 saturated heterocycles. The van der Waals surface area contributed by atoms with Crippen LogP contribution in [-0.2, 0) is 6.54 Å². The summed E-state index contributed by atoms with van der Waals surface area (Å²) in [4.78, 5) is 0. The predicted octanol–water partition coefficient (Wildman–Crippen LogP) is 12.4. The predicted molar refractivity (Wildman–Crippen MR) is 194 cm³/mol. The summed E-state index contributed by atoms with van der Waals surface area (Å²) in [7, 11) is 0. The van der Waals surface area contributed by atoms with Gasteiger partial charge in [-0.3, -0.25) is 0 Å². The molecule has 9 rings (SSSR count). The molecule has 1 N–H and O–H groups in total. The first-order valence-electron chi connectivity index (χ1n) is 15.7. The fourth-order valence-corrected chi connectivity index (χ4v) is 8.06. The molecule has 2 heterocycles. The van der Waals surface area contributed by atoms with Gasteiger partial charge in [0, 0.05) is 48.7 Å². The molecule has 1 aliphatic rings. The highest BCUT2D eigenvalue weighted by molar-refractivity contribution is 7.25. The Labute approximate surface area is 265 Å². The van der Waals surface area contributed by atoms with E-state index in [1.807, 2.05) is 11.3 Å². The topological polar surface area (TPSA) is 25.2 Å². The smallest absolute Gasteiger partial charge is 0.143 e. The van der Waals surface area contributed by atoms with Crippen LogP contribution in [0.25, 0.3) is 69.6 Å². The van der Waals surface area contributed by atoms with Gasteiger partial charge in [-0.25, -0.2) is 0 Å². The molecule has 0 bridgehead atoms. The van der Waals surface area contributed by atoms with Crippen LogP contribution >= 0.6 is 11.3 Å². The molecular weight excluding hydrogens is 567 g/mol. The van der Waals surface area contributed by atoms with Gasteiger partial charge < -0.3 is 9.73 Å². The summed E-state index contributed by atoms with van der Waals surface area (Å²) in [6.07, 6.45) is 7.79. The Kier molecular flexibility index (Phi) is 6.14. The third-order valence-corrected chi connectivity index (χ3v) is 10.4. The van der Waals surface area contributed by atoms with E-state index in [1.54, 1.807) is 0 Å². The molecule has 2 nitrogen and oxygen atoms in total. The van der Waals surface area contributed by atoms with E-state index in [0.717, 1.165) is 51.7 Å². The maximum atomic E-state index is 6.65. The zero-order valence-corrected chi connectivity index (χ0v) is 25.8. The molecule has 0 fully saturated rings. The van der Waals surface area contributed by atoms with Gasteiger partial charge in [0.15, 0.2) is 0 Å². The third-order valence-electron chi connectivity index (χ3n) is 9.22. The second-order valence-corrected chi connectivity index (χ2v) is 13.4. The first kappa shape index (κ1) is 26.3. The number of thiophene rings is 1. The number of benzene rings is 6. The molecule has 0 spiro atoms. The van der Waals surface area contributed by atoms with Gasteiger partial charge in [-0.1, -0.05) is 104 Å². The van der Waals surface area contributed by atoms with Crippen molar-refractivity contribution in [2.24, 2.45) is 5.92 Å². The number of rotatable bonds is 5. The number of furan rings is 1. The second-order valence-electron chi connectivity index (χ2n) is 12.3. The van der Waals surface area contributed by atoms with Crippen LogP contribution in [0.4, 0.5) is 5.69 Å². The SMILES string of the molecule is CC1C=CC=C(c2ccc(-c3cc(NCc4ccc5c(c4)sc4ccccc45)cc4c3oc3cc5ccccc5cc34)cc2)C1. The number of allylic oxidation sites excluding steroid dienone is 4. The summed E-state index contributed by atoms with van der Waals surface area (Å²) in [5, 5.41) is 11.1. The molecule has 6 aromatic carbocycles. The largest absolute Gasteiger partial charge is 0.455 e. The highest BCUT2D eigenvalue weighted by Gasteiger charge is 2.17. The quantitative estimate of drug-likeness (QED) is 0.213. The summed E-state index contributed by atoms with van der Waals surface area (Å²) >= 11 is 1.87. The molecule has 1 unspecified atom stereocenters. The average Bonchev–Trinajstić information content (AvgIpc) is 3.63. The monoisotopic (exact) mass is 597 g/mol. The zero-order chi connectivity index (χ0) is 29.9. The third kappa shape index (κ3) is 4.63. The lowest BCUT2D eigenvalue weighted by atomic mass is 9.90. The van der Waals surface area contributed by atoms with Crippen LogP contribution in [0, 0.1) is 5.92 Å². The minimum absolute atomic E-state index is 0.567. The normalized spacial score (nSPS) is 15.0. The minimum atomic E-state index is 0.567. The fourth-order valence-electron chi connectivity index (χ4n) is 6.89. The Balaban J connectivity index is 1.13. The van der Waals surface area contributed by atoms with Crippen LogP contribution in [-0.4, -0.2) is 0 Å². The zero-order valence-electron chi connectivity index (χ0n) is 25.0. The van der Waals surface area contributed by atoms with Gasteiger partial charge in [-0.2, -0.15) is 0 Å². The van der Waals surface area contributed by atoms with Crippen molar-refractivity contribution < 1.29 is 4.42 Å². The Morgan fingerprint density at radius 2 is 1.49 bits per heavy atom. The molecule has 216 valence electrons. The summed E-state index contributed by atoms with van der Waals surface area (Å²) in [6.45, 7) is 3.02. The maximum absolute atomic E-state index is 6.65. The van der Waals surface area contributed by atoms with Crippen LogP contribution in [0.15, 0.2) is 138 Å². The van der Waals surface area contributed by atoms with Crippen LogP contribution < -0.4 is 5.32 Å². The van der Waals surface area contributed by atoms with Gasteiger partial charge in [0.05, 0.1) is 0 Å². The first-order valence-corrected chi connectivity index (χ1v) is 16.5. The maximum Gasteiger partial charge on any atom is 0.143 e. The van der Waals surface area contributed by atoms with Gasteiger partial charge in [0.2, 0.25) is 0 Å². The molecule has 8 aromatic rings. The number of anilines is 1. The van der Waals surface area contributed by atoms with Crippen molar-refractivity contribution in [3.63, 3.8) is 0 Å². The summed E-state index contributed by atoms with van der Waals surface area (Å²) in [5.74, 6) is 0.567.